The number of aliphatic hydroxyl groups is 1. The number of benzene rings is 2. The minimum atomic E-state index is -0.499. The van der Waals surface area contributed by atoms with E-state index in [2.05, 4.69) is 41.2 Å². The Hall–Kier alpha value is -3.30. The molecule has 9 heteroatoms. The molecule has 2 heterocycles. The maximum absolute atomic E-state index is 9.84. The van der Waals surface area contributed by atoms with E-state index in [-0.39, 0.29) is 11.4 Å². The predicted molar refractivity (Wildman–Crippen MR) is 134 cm³/mol. The lowest BCUT2D eigenvalue weighted by Crippen LogP contribution is -2.35. The predicted octanol–water partition coefficient (Wildman–Crippen LogP) is 2.75. The van der Waals surface area contributed by atoms with Gasteiger partial charge in [0.05, 0.1) is 0 Å². The first-order valence-corrected chi connectivity index (χ1v) is 11.8. The van der Waals surface area contributed by atoms with E-state index in [0.717, 1.165) is 42.5 Å². The molecule has 1 saturated heterocycles. The number of anilines is 2. The number of nitrogens with two attached hydrogens (primary N) is 1. The third-order valence-corrected chi connectivity index (χ3v) is 5.57. The van der Waals surface area contributed by atoms with Gasteiger partial charge in [-0.2, -0.15) is 4.98 Å². The molecular formula is C25H36N6O3. The standard InChI is InChI=1S/C16H21NO2.C9H15N5O/c1-12(2)17-10-14(18)11-19-16-9-5-7-13-6-3-4-8-15(13)16;10-7-6-8(12-9(11)14(7)15)13-4-2-1-3-5-13/h3-9,12,14,17-18H,10-11H2,1-2H3;6,11,15H,1-5,10H2. The molecule has 1 fully saturated rings. The van der Waals surface area contributed by atoms with Gasteiger partial charge in [-0.15, -0.1) is 4.73 Å². The van der Waals surface area contributed by atoms with Crippen molar-refractivity contribution < 1.29 is 15.1 Å². The molecule has 1 atom stereocenters. The van der Waals surface area contributed by atoms with E-state index >= 15 is 0 Å². The molecule has 0 radical (unpaired) electrons. The van der Waals surface area contributed by atoms with Gasteiger partial charge in [-0.25, -0.2) is 0 Å². The third-order valence-electron chi connectivity index (χ3n) is 5.57. The van der Waals surface area contributed by atoms with Crippen LogP contribution >= 0.6 is 0 Å². The summed E-state index contributed by atoms with van der Waals surface area (Å²) >= 11 is 0. The number of aromatic nitrogens is 2. The maximum Gasteiger partial charge on any atom is 0.259 e. The van der Waals surface area contributed by atoms with Crippen molar-refractivity contribution in [3.63, 3.8) is 0 Å². The zero-order valence-electron chi connectivity index (χ0n) is 19.9. The van der Waals surface area contributed by atoms with Crippen molar-refractivity contribution in [2.75, 3.05) is 36.9 Å². The number of nitrogens with one attached hydrogen (secondary N) is 2. The fraction of sp³-hybridized carbons (Fsp3) is 0.440. The number of hydrogen-bond donors (Lipinski definition) is 5. The van der Waals surface area contributed by atoms with Gasteiger partial charge in [-0.1, -0.05) is 50.2 Å². The van der Waals surface area contributed by atoms with Gasteiger partial charge < -0.3 is 31.0 Å². The van der Waals surface area contributed by atoms with Crippen LogP contribution in [-0.2, 0) is 0 Å². The van der Waals surface area contributed by atoms with Crippen molar-refractivity contribution in [3.05, 3.63) is 54.1 Å². The monoisotopic (exact) mass is 468 g/mol. The molecule has 1 aliphatic rings. The van der Waals surface area contributed by atoms with Gasteiger partial charge in [0.15, 0.2) is 0 Å². The van der Waals surface area contributed by atoms with E-state index in [1.54, 1.807) is 6.07 Å². The Morgan fingerprint density at radius 3 is 2.53 bits per heavy atom. The normalized spacial score (nSPS) is 14.5. The van der Waals surface area contributed by atoms with Crippen molar-refractivity contribution in [1.29, 1.82) is 5.41 Å². The van der Waals surface area contributed by atoms with E-state index < -0.39 is 6.10 Å². The van der Waals surface area contributed by atoms with Gasteiger partial charge in [-0.05, 0) is 30.7 Å². The molecule has 0 saturated carbocycles. The Morgan fingerprint density at radius 2 is 1.82 bits per heavy atom. The molecule has 0 bridgehead atoms. The average molecular weight is 469 g/mol. The van der Waals surface area contributed by atoms with Gasteiger partial charge >= 0.3 is 0 Å². The highest BCUT2D eigenvalue weighted by molar-refractivity contribution is 5.88. The quantitative estimate of drug-likeness (QED) is 0.337. The number of fused-ring (bicyclic) bond motifs is 1. The van der Waals surface area contributed by atoms with Crippen LogP contribution in [0.2, 0.25) is 0 Å². The lowest BCUT2D eigenvalue weighted by atomic mass is 10.1. The molecule has 34 heavy (non-hydrogen) atoms. The molecule has 1 aromatic heterocycles. The first-order chi connectivity index (χ1) is 16.3. The van der Waals surface area contributed by atoms with Crippen LogP contribution in [0.3, 0.4) is 0 Å². The molecule has 3 aromatic rings. The summed E-state index contributed by atoms with van der Waals surface area (Å²) in [6, 6.07) is 16.0. The molecule has 184 valence electrons. The molecule has 6 N–H and O–H groups in total. The highest BCUT2D eigenvalue weighted by atomic mass is 16.5. The number of ether oxygens (including phenoxy) is 1. The summed E-state index contributed by atoms with van der Waals surface area (Å²) < 4.78 is 6.30. The van der Waals surface area contributed by atoms with Gasteiger partial charge in [0.1, 0.15) is 30.1 Å². The number of nitrogens with zero attached hydrogens (tertiary/aromatic N) is 3. The van der Waals surface area contributed by atoms with Crippen LogP contribution in [0.15, 0.2) is 48.5 Å². The topological polar surface area (TPSA) is 133 Å². The average Bonchev–Trinajstić information content (AvgIpc) is 2.85. The molecule has 0 amide bonds. The van der Waals surface area contributed by atoms with Crippen molar-refractivity contribution in [2.24, 2.45) is 0 Å². The molecule has 0 spiro atoms. The second-order valence-corrected chi connectivity index (χ2v) is 8.73. The summed E-state index contributed by atoms with van der Waals surface area (Å²) in [7, 11) is 0. The second kappa shape index (κ2) is 12.2. The summed E-state index contributed by atoms with van der Waals surface area (Å²) in [5.41, 5.74) is 5.33. The lowest BCUT2D eigenvalue weighted by molar-refractivity contribution is 0.105. The minimum Gasteiger partial charge on any atom is -0.490 e. The van der Waals surface area contributed by atoms with Crippen molar-refractivity contribution in [3.8, 4) is 5.75 Å². The highest BCUT2D eigenvalue weighted by Gasteiger charge is 2.13. The first kappa shape index (κ1) is 25.3. The van der Waals surface area contributed by atoms with Gasteiger partial charge in [-0.3, -0.25) is 5.41 Å². The smallest absolute Gasteiger partial charge is 0.259 e. The van der Waals surface area contributed by atoms with E-state index in [1.807, 2.05) is 30.3 Å². The second-order valence-electron chi connectivity index (χ2n) is 8.73. The van der Waals surface area contributed by atoms with Crippen molar-refractivity contribution in [2.45, 2.75) is 45.3 Å². The van der Waals surface area contributed by atoms with Crippen LogP contribution in [0.4, 0.5) is 11.6 Å². The molecule has 1 unspecified atom stereocenters. The van der Waals surface area contributed by atoms with E-state index in [4.69, 9.17) is 15.9 Å². The third kappa shape index (κ3) is 7.10. The molecule has 1 aliphatic heterocycles. The van der Waals surface area contributed by atoms with Crippen molar-refractivity contribution >= 4 is 22.4 Å². The number of rotatable bonds is 7. The zero-order chi connectivity index (χ0) is 24.5. The number of piperidine rings is 1. The summed E-state index contributed by atoms with van der Waals surface area (Å²) in [5, 5.41) is 31.9. The Bertz CT molecular complexity index is 1110. The van der Waals surface area contributed by atoms with E-state index in [0.29, 0.717) is 29.7 Å². The Kier molecular flexibility index (Phi) is 9.12. The van der Waals surface area contributed by atoms with E-state index in [9.17, 15) is 10.3 Å². The van der Waals surface area contributed by atoms with Gasteiger partial charge in [0.25, 0.3) is 5.62 Å². The van der Waals surface area contributed by atoms with Crippen molar-refractivity contribution in [1.82, 2.24) is 15.0 Å². The van der Waals surface area contributed by atoms with Crippen LogP contribution in [0.5, 0.6) is 5.75 Å². The first-order valence-electron chi connectivity index (χ1n) is 11.8. The number of nitrogen functional groups attached to an aromatic ring is 1. The van der Waals surface area contributed by atoms with Crippen LogP contribution in [0.1, 0.15) is 33.1 Å². The summed E-state index contributed by atoms with van der Waals surface area (Å²) in [6.07, 6.45) is 3.03. The fourth-order valence-corrected chi connectivity index (χ4v) is 3.73. The fourth-order valence-electron chi connectivity index (χ4n) is 3.73. The summed E-state index contributed by atoms with van der Waals surface area (Å²) in [4.78, 5) is 6.08. The molecule has 4 rings (SSSR count). The van der Waals surface area contributed by atoms with Gasteiger partial charge in [0.2, 0.25) is 0 Å². The Labute approximate surface area is 200 Å². The van der Waals surface area contributed by atoms with Crippen LogP contribution in [0.25, 0.3) is 10.8 Å². The molecule has 0 aliphatic carbocycles. The highest BCUT2D eigenvalue weighted by Crippen LogP contribution is 2.25. The lowest BCUT2D eigenvalue weighted by Gasteiger charge is -2.27. The zero-order valence-corrected chi connectivity index (χ0v) is 19.9. The maximum atomic E-state index is 9.84. The van der Waals surface area contributed by atoms with E-state index in [1.165, 1.54) is 6.42 Å². The van der Waals surface area contributed by atoms with Crippen LogP contribution in [-0.4, -0.2) is 58.4 Å². The van der Waals surface area contributed by atoms with Crippen LogP contribution in [0, 0.1) is 5.41 Å². The minimum absolute atomic E-state index is 0.149. The molecule has 2 aromatic carbocycles. The Balaban J connectivity index is 0.000000196. The summed E-state index contributed by atoms with van der Waals surface area (Å²) in [5.74, 6) is 1.65. The SMILES string of the molecule is CC(C)NCC(O)COc1cccc2ccccc12.N=c1nc(N2CCCCC2)cc(N)n1O. The van der Waals surface area contributed by atoms with Gasteiger partial charge in [0, 0.05) is 37.1 Å². The molecule has 9 nitrogen and oxygen atoms in total. The number of aliphatic hydroxyl groups excluding tert-OH is 1. The largest absolute Gasteiger partial charge is 0.490 e. The van der Waals surface area contributed by atoms with Crippen LogP contribution < -0.4 is 26.3 Å². The summed E-state index contributed by atoms with van der Waals surface area (Å²) in [6.45, 7) is 6.84. The number of hydrogen-bond acceptors (Lipinski definition) is 8. The molecular weight excluding hydrogens is 432 g/mol. The Morgan fingerprint density at radius 1 is 1.12 bits per heavy atom.